The summed E-state index contributed by atoms with van der Waals surface area (Å²) in [5, 5.41) is 5.02. The van der Waals surface area contributed by atoms with Crippen molar-refractivity contribution in [1.29, 1.82) is 0 Å². The first kappa shape index (κ1) is 18.7. The Morgan fingerprint density at radius 2 is 2.00 bits per heavy atom. The molecule has 28 heavy (non-hydrogen) atoms. The van der Waals surface area contributed by atoms with Crippen LogP contribution in [0.5, 0.6) is 0 Å². The van der Waals surface area contributed by atoms with Gasteiger partial charge in [0.25, 0.3) is 0 Å². The van der Waals surface area contributed by atoms with E-state index in [1.165, 1.54) is 47.9 Å². The van der Waals surface area contributed by atoms with Crippen LogP contribution in [0.15, 0.2) is 6.33 Å². The third kappa shape index (κ3) is 3.77. The zero-order valence-corrected chi connectivity index (χ0v) is 17.3. The van der Waals surface area contributed by atoms with Gasteiger partial charge in [-0.3, -0.25) is 4.90 Å². The second-order valence-electron chi connectivity index (χ2n) is 8.19. The average Bonchev–Trinajstić information content (AvgIpc) is 3.32. The SMILES string of the molecule is c1nc(NC[C@@H]([C@@H]2CCOC2)N2CCOCC2)c2c3c(sc2n1)CCCCC3. The topological polar surface area (TPSA) is 59.5 Å². The summed E-state index contributed by atoms with van der Waals surface area (Å²) in [4.78, 5) is 14.5. The lowest BCUT2D eigenvalue weighted by molar-refractivity contribution is 0.00460. The van der Waals surface area contributed by atoms with E-state index in [4.69, 9.17) is 9.47 Å². The minimum atomic E-state index is 0.466. The molecule has 0 saturated carbocycles. The highest BCUT2D eigenvalue weighted by Crippen LogP contribution is 2.37. The van der Waals surface area contributed by atoms with Crippen LogP contribution in [0.1, 0.15) is 36.1 Å². The molecule has 2 aliphatic heterocycles. The number of anilines is 1. The number of aromatic nitrogens is 2. The van der Waals surface area contributed by atoms with Crippen LogP contribution in [-0.4, -0.2) is 67.0 Å². The number of hydrogen-bond donors (Lipinski definition) is 1. The van der Waals surface area contributed by atoms with Crippen molar-refractivity contribution in [3.63, 3.8) is 0 Å². The van der Waals surface area contributed by atoms with Gasteiger partial charge in [0.1, 0.15) is 17.0 Å². The van der Waals surface area contributed by atoms with Gasteiger partial charge in [0.15, 0.2) is 0 Å². The number of nitrogens with one attached hydrogen (secondary N) is 1. The molecule has 7 heteroatoms. The third-order valence-electron chi connectivity index (χ3n) is 6.50. The van der Waals surface area contributed by atoms with Gasteiger partial charge in [0, 0.05) is 43.1 Å². The number of aryl methyl sites for hydroxylation is 2. The van der Waals surface area contributed by atoms with Gasteiger partial charge in [-0.25, -0.2) is 9.97 Å². The third-order valence-corrected chi connectivity index (χ3v) is 7.70. The second kappa shape index (κ2) is 8.61. The van der Waals surface area contributed by atoms with Crippen molar-refractivity contribution in [3.8, 4) is 0 Å². The van der Waals surface area contributed by atoms with E-state index < -0.39 is 0 Å². The lowest BCUT2D eigenvalue weighted by Crippen LogP contribution is -2.50. The Hall–Kier alpha value is -1.28. The Kier molecular flexibility index (Phi) is 5.76. The maximum Gasteiger partial charge on any atom is 0.138 e. The summed E-state index contributed by atoms with van der Waals surface area (Å²) in [6, 6.07) is 0.466. The Bertz CT molecular complexity index is 799. The van der Waals surface area contributed by atoms with Crippen LogP contribution in [0.3, 0.4) is 0 Å². The molecule has 152 valence electrons. The van der Waals surface area contributed by atoms with Crippen molar-refractivity contribution in [3.05, 3.63) is 16.8 Å². The number of morpholine rings is 1. The van der Waals surface area contributed by atoms with Gasteiger partial charge >= 0.3 is 0 Å². The Morgan fingerprint density at radius 1 is 1.11 bits per heavy atom. The van der Waals surface area contributed by atoms with Gasteiger partial charge in [-0.1, -0.05) is 6.42 Å². The van der Waals surface area contributed by atoms with E-state index >= 15 is 0 Å². The molecule has 6 nitrogen and oxygen atoms in total. The van der Waals surface area contributed by atoms with E-state index in [1.807, 2.05) is 11.3 Å². The highest BCUT2D eigenvalue weighted by Gasteiger charge is 2.31. The molecule has 5 rings (SSSR count). The zero-order chi connectivity index (χ0) is 18.8. The number of thiophene rings is 1. The minimum Gasteiger partial charge on any atom is -0.381 e. The van der Waals surface area contributed by atoms with E-state index in [0.29, 0.717) is 12.0 Å². The number of hydrogen-bond acceptors (Lipinski definition) is 7. The fraction of sp³-hybridized carbons (Fsp3) is 0.714. The summed E-state index contributed by atoms with van der Waals surface area (Å²) in [7, 11) is 0. The Balaban J connectivity index is 1.39. The number of rotatable bonds is 5. The molecule has 2 aromatic heterocycles. The van der Waals surface area contributed by atoms with Crippen LogP contribution in [0.25, 0.3) is 10.2 Å². The molecule has 0 aromatic carbocycles. The number of fused-ring (bicyclic) bond motifs is 3. The Labute approximate surface area is 170 Å². The molecule has 2 aromatic rings. The van der Waals surface area contributed by atoms with Crippen LogP contribution in [0.4, 0.5) is 5.82 Å². The monoisotopic (exact) mass is 402 g/mol. The highest BCUT2D eigenvalue weighted by atomic mass is 32.1. The summed E-state index contributed by atoms with van der Waals surface area (Å²) in [6.07, 6.45) is 9.16. The van der Waals surface area contributed by atoms with Crippen LogP contribution in [0, 0.1) is 5.92 Å². The van der Waals surface area contributed by atoms with E-state index in [9.17, 15) is 0 Å². The van der Waals surface area contributed by atoms with E-state index in [0.717, 1.165) is 63.1 Å². The van der Waals surface area contributed by atoms with Crippen molar-refractivity contribution >= 4 is 27.4 Å². The lowest BCUT2D eigenvalue weighted by atomic mass is 9.96. The van der Waals surface area contributed by atoms with Crippen LogP contribution >= 0.6 is 11.3 Å². The van der Waals surface area contributed by atoms with Crippen LogP contribution in [0.2, 0.25) is 0 Å². The molecule has 2 atom stereocenters. The normalized spacial score (nSPS) is 24.8. The molecule has 1 aliphatic carbocycles. The van der Waals surface area contributed by atoms with Crippen molar-refractivity contribution in [1.82, 2.24) is 14.9 Å². The molecule has 0 bridgehead atoms. The average molecular weight is 403 g/mol. The molecule has 4 heterocycles. The quantitative estimate of drug-likeness (QED) is 0.776. The largest absolute Gasteiger partial charge is 0.381 e. The van der Waals surface area contributed by atoms with Crippen molar-refractivity contribution in [2.45, 2.75) is 44.6 Å². The molecule has 0 radical (unpaired) electrons. The van der Waals surface area contributed by atoms with Gasteiger partial charge < -0.3 is 14.8 Å². The Morgan fingerprint density at radius 3 is 2.86 bits per heavy atom. The maximum absolute atomic E-state index is 5.72. The first-order chi connectivity index (χ1) is 13.9. The highest BCUT2D eigenvalue weighted by molar-refractivity contribution is 7.18. The molecule has 0 spiro atoms. The molecule has 0 unspecified atom stereocenters. The summed E-state index contributed by atoms with van der Waals surface area (Å²) < 4.78 is 11.3. The zero-order valence-electron chi connectivity index (χ0n) is 16.5. The van der Waals surface area contributed by atoms with Crippen LogP contribution in [-0.2, 0) is 22.3 Å². The number of nitrogens with zero attached hydrogens (tertiary/aromatic N) is 3. The van der Waals surface area contributed by atoms with E-state index in [2.05, 4.69) is 20.2 Å². The second-order valence-corrected chi connectivity index (χ2v) is 9.27. The van der Waals surface area contributed by atoms with Gasteiger partial charge in [-0.15, -0.1) is 11.3 Å². The van der Waals surface area contributed by atoms with Crippen LogP contribution < -0.4 is 5.32 Å². The molecule has 2 saturated heterocycles. The summed E-state index contributed by atoms with van der Waals surface area (Å²) in [5.74, 6) is 1.61. The standard InChI is InChI=1S/C21H30N4O2S/c1-2-4-16-18(5-3-1)28-21-19(16)20(23-14-24-21)22-12-17(15-6-9-27-13-15)25-7-10-26-11-8-25/h14-15,17H,1-13H2,(H,22,23,24)/t15-,17+/m1/s1. The molecule has 0 amide bonds. The molecule has 1 N–H and O–H groups in total. The fourth-order valence-electron chi connectivity index (χ4n) is 4.96. The maximum atomic E-state index is 5.72. The molecular weight excluding hydrogens is 372 g/mol. The number of ether oxygens (including phenoxy) is 2. The van der Waals surface area contributed by atoms with Crippen molar-refractivity contribution in [2.24, 2.45) is 5.92 Å². The summed E-state index contributed by atoms with van der Waals surface area (Å²) >= 11 is 1.88. The predicted molar refractivity (Wildman–Crippen MR) is 112 cm³/mol. The van der Waals surface area contributed by atoms with Gasteiger partial charge in [-0.2, -0.15) is 0 Å². The van der Waals surface area contributed by atoms with Crippen molar-refractivity contribution < 1.29 is 9.47 Å². The predicted octanol–water partition coefficient (Wildman–Crippen LogP) is 3.11. The smallest absolute Gasteiger partial charge is 0.138 e. The molecular formula is C21H30N4O2S. The fourth-order valence-corrected chi connectivity index (χ4v) is 6.19. The van der Waals surface area contributed by atoms with Crippen molar-refractivity contribution in [2.75, 3.05) is 51.4 Å². The summed E-state index contributed by atoms with van der Waals surface area (Å²) in [6.45, 7) is 6.36. The summed E-state index contributed by atoms with van der Waals surface area (Å²) in [5.41, 5.74) is 1.51. The van der Waals surface area contributed by atoms with Gasteiger partial charge in [0.05, 0.1) is 25.2 Å². The van der Waals surface area contributed by atoms with E-state index in [-0.39, 0.29) is 0 Å². The van der Waals surface area contributed by atoms with Gasteiger partial charge in [-0.05, 0) is 37.7 Å². The first-order valence-corrected chi connectivity index (χ1v) is 11.6. The van der Waals surface area contributed by atoms with Gasteiger partial charge in [0.2, 0.25) is 0 Å². The van der Waals surface area contributed by atoms with E-state index in [1.54, 1.807) is 6.33 Å². The molecule has 2 fully saturated rings. The molecule has 3 aliphatic rings. The lowest BCUT2D eigenvalue weighted by Gasteiger charge is -2.37. The first-order valence-electron chi connectivity index (χ1n) is 10.8. The minimum absolute atomic E-state index is 0.466.